The minimum Gasteiger partial charge on any atom is -0.490 e. The molecule has 3 rings (SSSR count). The smallest absolute Gasteiger partial charge is 0.330 e. The largest absolute Gasteiger partial charge is 0.490 e. The van der Waals surface area contributed by atoms with E-state index in [0.717, 1.165) is 28.3 Å². The molecule has 150 valence electrons. The minimum absolute atomic E-state index is 0.182. The zero-order valence-electron chi connectivity index (χ0n) is 16.5. The first-order chi connectivity index (χ1) is 14.0. The Hall–Kier alpha value is -3.05. The molecular weight excluding hydrogens is 388 g/mol. The van der Waals surface area contributed by atoms with E-state index in [2.05, 4.69) is 5.10 Å². The number of para-hydroxylation sites is 1. The molecule has 1 aromatic heterocycles. The van der Waals surface area contributed by atoms with Crippen molar-refractivity contribution in [1.29, 1.82) is 0 Å². The van der Waals surface area contributed by atoms with Crippen LogP contribution in [0.3, 0.4) is 0 Å². The first-order valence-electron chi connectivity index (χ1n) is 9.34. The first kappa shape index (κ1) is 20.7. The molecule has 29 heavy (non-hydrogen) atoms. The molecule has 0 fully saturated rings. The van der Waals surface area contributed by atoms with Crippen LogP contribution in [0.2, 0.25) is 5.02 Å². The lowest BCUT2D eigenvalue weighted by molar-refractivity contribution is -0.138. The van der Waals surface area contributed by atoms with Gasteiger partial charge in [-0.3, -0.25) is 4.68 Å². The van der Waals surface area contributed by atoms with Crippen LogP contribution in [-0.2, 0) is 16.1 Å². The Morgan fingerprint density at radius 1 is 1.07 bits per heavy atom. The van der Waals surface area contributed by atoms with Crippen LogP contribution in [0.15, 0.2) is 60.7 Å². The maximum Gasteiger partial charge on any atom is 0.330 e. The molecule has 0 aliphatic rings. The van der Waals surface area contributed by atoms with Gasteiger partial charge in [-0.15, -0.1) is 0 Å². The first-order valence-corrected chi connectivity index (χ1v) is 9.72. The number of rotatable bonds is 8. The summed E-state index contributed by atoms with van der Waals surface area (Å²) in [6.45, 7) is 4.94. The van der Waals surface area contributed by atoms with Crippen LogP contribution in [0.25, 0.3) is 6.08 Å². The highest BCUT2D eigenvalue weighted by molar-refractivity contribution is 6.31. The topological polar surface area (TPSA) is 53.4 Å². The second-order valence-electron chi connectivity index (χ2n) is 6.50. The average Bonchev–Trinajstić information content (AvgIpc) is 2.99. The van der Waals surface area contributed by atoms with E-state index in [4.69, 9.17) is 21.1 Å². The summed E-state index contributed by atoms with van der Waals surface area (Å²) in [6, 6.07) is 17.1. The van der Waals surface area contributed by atoms with Crippen LogP contribution < -0.4 is 4.74 Å². The van der Waals surface area contributed by atoms with Crippen molar-refractivity contribution in [2.75, 3.05) is 13.2 Å². The quantitative estimate of drug-likeness (QED) is 0.303. The lowest BCUT2D eigenvalue weighted by Crippen LogP contribution is -2.10. The van der Waals surface area contributed by atoms with E-state index in [0.29, 0.717) is 18.2 Å². The Balaban J connectivity index is 1.55. The van der Waals surface area contributed by atoms with Crippen molar-refractivity contribution in [2.45, 2.75) is 20.4 Å². The summed E-state index contributed by atoms with van der Waals surface area (Å²) in [7, 11) is 0. The van der Waals surface area contributed by atoms with Crippen molar-refractivity contribution in [3.8, 4) is 5.75 Å². The minimum atomic E-state index is -0.417. The lowest BCUT2D eigenvalue weighted by atomic mass is 10.1. The van der Waals surface area contributed by atoms with Crippen molar-refractivity contribution in [3.63, 3.8) is 0 Å². The van der Waals surface area contributed by atoms with Crippen molar-refractivity contribution < 1.29 is 14.3 Å². The molecule has 0 aliphatic carbocycles. The van der Waals surface area contributed by atoms with Gasteiger partial charge < -0.3 is 9.47 Å². The molecule has 0 aliphatic heterocycles. The fourth-order valence-electron chi connectivity index (χ4n) is 2.91. The number of carbonyl (C=O) groups excluding carboxylic acids is 1. The van der Waals surface area contributed by atoms with Crippen LogP contribution in [0, 0.1) is 13.8 Å². The molecule has 0 unspecified atom stereocenters. The zero-order valence-corrected chi connectivity index (χ0v) is 17.2. The standard InChI is InChI=1S/C23H23ClN2O3/c1-17-21(18(2)26(25-17)16-19-8-6-7-11-22(19)24)12-13-23(27)29-15-14-28-20-9-4-3-5-10-20/h3-13H,14-16H2,1-2H3/b13-12+. The highest BCUT2D eigenvalue weighted by Crippen LogP contribution is 2.20. The van der Waals surface area contributed by atoms with Crippen LogP contribution in [-0.4, -0.2) is 29.0 Å². The molecule has 6 heteroatoms. The third-order valence-electron chi connectivity index (χ3n) is 4.44. The molecule has 0 radical (unpaired) electrons. The summed E-state index contributed by atoms with van der Waals surface area (Å²) in [6.07, 6.45) is 3.15. The van der Waals surface area contributed by atoms with E-state index >= 15 is 0 Å². The van der Waals surface area contributed by atoms with Crippen LogP contribution in [0.1, 0.15) is 22.5 Å². The molecule has 5 nitrogen and oxygen atoms in total. The van der Waals surface area contributed by atoms with Gasteiger partial charge in [0.25, 0.3) is 0 Å². The number of esters is 1. The highest BCUT2D eigenvalue weighted by Gasteiger charge is 2.11. The van der Waals surface area contributed by atoms with Gasteiger partial charge in [-0.1, -0.05) is 48.0 Å². The van der Waals surface area contributed by atoms with Gasteiger partial charge in [0, 0.05) is 22.4 Å². The molecule has 3 aromatic rings. The van der Waals surface area contributed by atoms with E-state index < -0.39 is 5.97 Å². The Morgan fingerprint density at radius 3 is 2.55 bits per heavy atom. The Bertz CT molecular complexity index is 997. The number of aryl methyl sites for hydroxylation is 1. The van der Waals surface area contributed by atoms with E-state index in [1.54, 1.807) is 6.08 Å². The Morgan fingerprint density at radius 2 is 1.79 bits per heavy atom. The summed E-state index contributed by atoms with van der Waals surface area (Å²) >= 11 is 6.25. The van der Waals surface area contributed by atoms with Crippen LogP contribution >= 0.6 is 11.6 Å². The van der Waals surface area contributed by atoms with Crippen molar-refractivity contribution in [1.82, 2.24) is 9.78 Å². The fraction of sp³-hybridized carbons (Fsp3) is 0.217. The third-order valence-corrected chi connectivity index (χ3v) is 4.81. The van der Waals surface area contributed by atoms with Crippen LogP contribution in [0.5, 0.6) is 5.75 Å². The SMILES string of the molecule is Cc1nn(Cc2ccccc2Cl)c(C)c1/C=C/C(=O)OCCOc1ccccc1. The van der Waals surface area contributed by atoms with Gasteiger partial charge >= 0.3 is 5.97 Å². The van der Waals surface area contributed by atoms with Gasteiger partial charge in [0.1, 0.15) is 19.0 Å². The Labute approximate surface area is 175 Å². The van der Waals surface area contributed by atoms with E-state index in [9.17, 15) is 4.79 Å². The second-order valence-corrected chi connectivity index (χ2v) is 6.90. The molecule has 2 aromatic carbocycles. The summed E-state index contributed by atoms with van der Waals surface area (Å²) in [5.74, 6) is 0.329. The number of nitrogens with zero attached hydrogens (tertiary/aromatic N) is 2. The van der Waals surface area contributed by atoms with Gasteiger partial charge in [0.15, 0.2) is 0 Å². The third kappa shape index (κ3) is 5.72. The molecule has 0 spiro atoms. The highest BCUT2D eigenvalue weighted by atomic mass is 35.5. The number of ether oxygens (including phenoxy) is 2. The predicted molar refractivity (Wildman–Crippen MR) is 114 cm³/mol. The van der Waals surface area contributed by atoms with Crippen molar-refractivity contribution in [2.24, 2.45) is 0 Å². The summed E-state index contributed by atoms with van der Waals surface area (Å²) < 4.78 is 12.6. The molecule has 0 bridgehead atoms. The molecule has 1 heterocycles. The summed E-state index contributed by atoms with van der Waals surface area (Å²) in [5.41, 5.74) is 3.69. The number of hydrogen-bond donors (Lipinski definition) is 0. The normalized spacial score (nSPS) is 11.0. The van der Waals surface area contributed by atoms with Gasteiger partial charge in [-0.05, 0) is 43.7 Å². The average molecular weight is 411 g/mol. The zero-order chi connectivity index (χ0) is 20.6. The van der Waals surface area contributed by atoms with E-state index in [-0.39, 0.29) is 6.61 Å². The van der Waals surface area contributed by atoms with Gasteiger partial charge in [0.05, 0.1) is 12.2 Å². The maximum atomic E-state index is 12.0. The maximum absolute atomic E-state index is 12.0. The van der Waals surface area contributed by atoms with Gasteiger partial charge in [-0.2, -0.15) is 5.10 Å². The van der Waals surface area contributed by atoms with Gasteiger partial charge in [-0.25, -0.2) is 4.79 Å². The number of hydrogen-bond acceptors (Lipinski definition) is 4. The molecule has 0 saturated heterocycles. The lowest BCUT2D eigenvalue weighted by Gasteiger charge is -2.07. The molecule has 0 N–H and O–H groups in total. The van der Waals surface area contributed by atoms with Crippen molar-refractivity contribution >= 4 is 23.6 Å². The number of carbonyl (C=O) groups is 1. The van der Waals surface area contributed by atoms with Crippen molar-refractivity contribution in [3.05, 3.63) is 88.2 Å². The molecule has 0 saturated carbocycles. The molecular formula is C23H23ClN2O3. The fourth-order valence-corrected chi connectivity index (χ4v) is 3.11. The predicted octanol–water partition coefficient (Wildman–Crippen LogP) is 4.84. The molecule has 0 amide bonds. The summed E-state index contributed by atoms with van der Waals surface area (Å²) in [5, 5.41) is 5.28. The molecule has 0 atom stereocenters. The number of aromatic nitrogens is 2. The number of benzene rings is 2. The number of halogens is 1. The van der Waals surface area contributed by atoms with E-state index in [1.807, 2.05) is 73.1 Å². The summed E-state index contributed by atoms with van der Waals surface area (Å²) in [4.78, 5) is 12.0. The van der Waals surface area contributed by atoms with Crippen LogP contribution in [0.4, 0.5) is 0 Å². The van der Waals surface area contributed by atoms with Gasteiger partial charge in [0.2, 0.25) is 0 Å². The van der Waals surface area contributed by atoms with E-state index in [1.165, 1.54) is 6.08 Å². The monoisotopic (exact) mass is 410 g/mol. The second kappa shape index (κ2) is 9.94. The Kier molecular flexibility index (Phi) is 7.09.